The molecule has 102 valence electrons. The van der Waals surface area contributed by atoms with Crippen molar-refractivity contribution in [2.45, 2.75) is 70.4 Å². The van der Waals surface area contributed by atoms with Gasteiger partial charge in [0, 0.05) is 0 Å². The molecular weight excluding hydrogens is 232 g/mol. The van der Waals surface area contributed by atoms with Gasteiger partial charge in [-0.3, -0.25) is 0 Å². The fourth-order valence-corrected chi connectivity index (χ4v) is 2.74. The molecule has 1 aliphatic carbocycles. The Balaban J connectivity index is 2.31. The van der Waals surface area contributed by atoms with E-state index in [1.54, 1.807) is 0 Å². The Bertz CT molecular complexity index is 268. The molecule has 0 heterocycles. The van der Waals surface area contributed by atoms with Crippen molar-refractivity contribution < 1.29 is 14.6 Å². The molecule has 4 heteroatoms. The Morgan fingerprint density at radius 3 is 2.24 bits per heavy atom. The average molecular weight is 260 g/mol. The van der Waals surface area contributed by atoms with Crippen LogP contribution in [0.25, 0.3) is 0 Å². The first kappa shape index (κ1) is 15.2. The van der Waals surface area contributed by atoms with Crippen LogP contribution >= 0.6 is 0 Å². The molecule has 0 aromatic heterocycles. The van der Waals surface area contributed by atoms with E-state index in [0.29, 0.717) is 13.0 Å². The van der Waals surface area contributed by atoms with E-state index in [0.717, 1.165) is 6.42 Å². The van der Waals surface area contributed by atoms with Crippen molar-refractivity contribution >= 4 is 8.32 Å². The molecule has 0 aromatic rings. The van der Waals surface area contributed by atoms with E-state index in [1.807, 2.05) is 6.92 Å². The highest BCUT2D eigenvalue weighted by Gasteiger charge is 2.49. The first-order valence-electron chi connectivity index (χ1n) is 6.50. The van der Waals surface area contributed by atoms with Gasteiger partial charge in [0.05, 0.1) is 18.3 Å². The van der Waals surface area contributed by atoms with E-state index in [2.05, 4.69) is 33.9 Å². The number of aliphatic hydroxyl groups excluding tert-OH is 1. The van der Waals surface area contributed by atoms with Crippen LogP contribution in [0.1, 0.15) is 40.5 Å². The van der Waals surface area contributed by atoms with Gasteiger partial charge in [-0.05, 0) is 43.8 Å². The van der Waals surface area contributed by atoms with E-state index in [4.69, 9.17) is 4.43 Å². The minimum atomic E-state index is -1.76. The van der Waals surface area contributed by atoms with Gasteiger partial charge in [-0.1, -0.05) is 20.8 Å². The Labute approximate surface area is 106 Å². The third-order valence-electron chi connectivity index (χ3n) is 4.38. The van der Waals surface area contributed by atoms with Crippen molar-refractivity contribution in [2.24, 2.45) is 5.92 Å². The Morgan fingerprint density at radius 2 is 1.88 bits per heavy atom. The van der Waals surface area contributed by atoms with Crippen LogP contribution in [0.5, 0.6) is 0 Å². The molecule has 0 amide bonds. The molecule has 1 saturated carbocycles. The molecule has 0 aliphatic heterocycles. The molecule has 0 bridgehead atoms. The fourth-order valence-electron chi connectivity index (χ4n) is 1.69. The third-order valence-corrected chi connectivity index (χ3v) is 8.88. The van der Waals surface area contributed by atoms with Crippen molar-refractivity contribution in [2.75, 3.05) is 6.61 Å². The molecule has 1 aliphatic rings. The topological polar surface area (TPSA) is 49.7 Å². The summed E-state index contributed by atoms with van der Waals surface area (Å²) in [5.41, 5.74) is -0.544. The molecule has 1 fully saturated rings. The van der Waals surface area contributed by atoms with Crippen LogP contribution in [0, 0.1) is 5.92 Å². The second-order valence-corrected chi connectivity index (χ2v) is 12.0. The monoisotopic (exact) mass is 260 g/mol. The summed E-state index contributed by atoms with van der Waals surface area (Å²) in [6.45, 7) is 13.2. The predicted molar refractivity (Wildman–Crippen MR) is 72.5 cm³/mol. The van der Waals surface area contributed by atoms with E-state index in [1.165, 1.54) is 0 Å². The van der Waals surface area contributed by atoms with Crippen LogP contribution in [0.4, 0.5) is 0 Å². The maximum atomic E-state index is 9.91. The van der Waals surface area contributed by atoms with Gasteiger partial charge >= 0.3 is 0 Å². The van der Waals surface area contributed by atoms with Gasteiger partial charge in [0.1, 0.15) is 0 Å². The van der Waals surface area contributed by atoms with Crippen LogP contribution in [0.15, 0.2) is 0 Å². The van der Waals surface area contributed by atoms with Crippen molar-refractivity contribution in [3.8, 4) is 0 Å². The lowest BCUT2D eigenvalue weighted by Gasteiger charge is -2.36. The molecule has 0 radical (unpaired) electrons. The lowest BCUT2D eigenvalue weighted by Crippen LogP contribution is -2.42. The average Bonchev–Trinajstić information content (AvgIpc) is 2.68. The van der Waals surface area contributed by atoms with Crippen molar-refractivity contribution in [3.63, 3.8) is 0 Å². The molecule has 17 heavy (non-hydrogen) atoms. The van der Waals surface area contributed by atoms with E-state index < -0.39 is 20.0 Å². The normalized spacial score (nSPS) is 31.4. The quantitative estimate of drug-likeness (QED) is 0.747. The highest BCUT2D eigenvalue weighted by molar-refractivity contribution is 6.74. The second-order valence-electron chi connectivity index (χ2n) is 7.22. The standard InChI is InChI=1S/C13H28O3Si/c1-12(2,3)17(5,6)16-9-11(14)7-10-8-13(10,4)15/h10-11,14-15H,7-9H2,1-6H3/t10-,11-,13+/m1/s1. The molecule has 3 nitrogen and oxygen atoms in total. The predicted octanol–water partition coefficient (Wildman–Crippen LogP) is 2.53. The summed E-state index contributed by atoms with van der Waals surface area (Å²) in [6.07, 6.45) is 1.02. The molecular formula is C13H28O3Si. The van der Waals surface area contributed by atoms with Crippen LogP contribution in [-0.4, -0.2) is 36.8 Å². The summed E-state index contributed by atoms with van der Waals surface area (Å²) in [5, 5.41) is 19.7. The third kappa shape index (κ3) is 4.05. The SMILES string of the molecule is CC(C)(C)[Si](C)(C)OC[C@H](O)C[C@@H]1C[C@]1(C)O. The molecule has 1 rings (SSSR count). The lowest BCUT2D eigenvalue weighted by molar-refractivity contribution is 0.0727. The van der Waals surface area contributed by atoms with Crippen LogP contribution in [0.3, 0.4) is 0 Å². The minimum absolute atomic E-state index is 0.178. The van der Waals surface area contributed by atoms with Gasteiger partial charge in [-0.25, -0.2) is 0 Å². The molecule has 0 aromatic carbocycles. The number of aliphatic hydroxyl groups is 2. The minimum Gasteiger partial charge on any atom is -0.414 e. The summed E-state index contributed by atoms with van der Waals surface area (Å²) in [4.78, 5) is 0. The van der Waals surface area contributed by atoms with Gasteiger partial charge in [0.25, 0.3) is 0 Å². The maximum Gasteiger partial charge on any atom is 0.192 e. The van der Waals surface area contributed by atoms with Gasteiger partial charge in [-0.2, -0.15) is 0 Å². The zero-order valence-corrected chi connectivity index (χ0v) is 13.1. The fraction of sp³-hybridized carbons (Fsp3) is 1.00. The van der Waals surface area contributed by atoms with Gasteiger partial charge in [0.2, 0.25) is 0 Å². The first-order valence-corrected chi connectivity index (χ1v) is 9.41. The first-order chi connectivity index (χ1) is 7.46. The van der Waals surface area contributed by atoms with Crippen LogP contribution < -0.4 is 0 Å². The lowest BCUT2D eigenvalue weighted by atomic mass is 10.1. The zero-order valence-electron chi connectivity index (χ0n) is 12.1. The van der Waals surface area contributed by atoms with E-state index >= 15 is 0 Å². The van der Waals surface area contributed by atoms with Crippen LogP contribution in [0.2, 0.25) is 18.1 Å². The highest BCUT2D eigenvalue weighted by atomic mass is 28.4. The molecule has 0 unspecified atom stereocenters. The maximum absolute atomic E-state index is 9.91. The highest BCUT2D eigenvalue weighted by Crippen LogP contribution is 2.46. The van der Waals surface area contributed by atoms with Crippen molar-refractivity contribution in [1.82, 2.24) is 0 Å². The van der Waals surface area contributed by atoms with Gasteiger partial charge in [0.15, 0.2) is 8.32 Å². The summed E-state index contributed by atoms with van der Waals surface area (Å²) in [5.74, 6) is 0.250. The van der Waals surface area contributed by atoms with Crippen molar-refractivity contribution in [3.05, 3.63) is 0 Å². The summed E-state index contributed by atoms with van der Waals surface area (Å²) < 4.78 is 5.96. The van der Waals surface area contributed by atoms with Crippen molar-refractivity contribution in [1.29, 1.82) is 0 Å². The van der Waals surface area contributed by atoms with Gasteiger partial charge in [-0.15, -0.1) is 0 Å². The molecule has 0 spiro atoms. The zero-order chi connectivity index (χ0) is 13.5. The van der Waals surface area contributed by atoms with E-state index in [-0.39, 0.29) is 11.0 Å². The number of hydrogen-bond acceptors (Lipinski definition) is 3. The molecule has 3 atom stereocenters. The number of rotatable bonds is 5. The summed E-state index contributed by atoms with van der Waals surface area (Å²) in [6, 6.07) is 0. The molecule has 0 saturated heterocycles. The van der Waals surface area contributed by atoms with Crippen LogP contribution in [-0.2, 0) is 4.43 Å². The summed E-state index contributed by atoms with van der Waals surface area (Å²) >= 11 is 0. The van der Waals surface area contributed by atoms with E-state index in [9.17, 15) is 10.2 Å². The Kier molecular flexibility index (Phi) is 4.14. The Morgan fingerprint density at radius 1 is 1.41 bits per heavy atom. The summed E-state index contributed by atoms with van der Waals surface area (Å²) in [7, 11) is -1.76. The largest absolute Gasteiger partial charge is 0.414 e. The Hall–Kier alpha value is 0.0969. The molecule has 2 N–H and O–H groups in total. The second kappa shape index (κ2) is 4.65. The smallest absolute Gasteiger partial charge is 0.192 e. The number of hydrogen-bond donors (Lipinski definition) is 2. The van der Waals surface area contributed by atoms with Gasteiger partial charge < -0.3 is 14.6 Å².